The van der Waals surface area contributed by atoms with E-state index >= 15 is 0 Å². The second-order valence-electron chi connectivity index (χ2n) is 2.64. The molecule has 1 aromatic rings. The van der Waals surface area contributed by atoms with Crippen molar-refractivity contribution in [2.24, 2.45) is 0 Å². The van der Waals surface area contributed by atoms with Crippen LogP contribution in [-0.2, 0) is 9.53 Å². The highest BCUT2D eigenvalue weighted by molar-refractivity contribution is 9.12. The minimum absolute atomic E-state index is 0.231. The summed E-state index contributed by atoms with van der Waals surface area (Å²) in [5.74, 6) is -0.846. The highest BCUT2D eigenvalue weighted by atomic mass is 79.9. The first-order valence-corrected chi connectivity index (χ1v) is 4.89. The van der Waals surface area contributed by atoms with Crippen molar-refractivity contribution in [1.29, 1.82) is 0 Å². The summed E-state index contributed by atoms with van der Waals surface area (Å²) in [7, 11) is 1.28. The highest BCUT2D eigenvalue weighted by Crippen LogP contribution is 2.12. The summed E-state index contributed by atoms with van der Waals surface area (Å²) in [6.45, 7) is 0. The Kier molecular flexibility index (Phi) is 4.30. The Balaban J connectivity index is 2.67. The van der Waals surface area contributed by atoms with Crippen molar-refractivity contribution in [2.75, 3.05) is 12.4 Å². The topological polar surface area (TPSA) is 38.3 Å². The van der Waals surface area contributed by atoms with Gasteiger partial charge in [0.15, 0.2) is 0 Å². The maximum atomic E-state index is 12.8. The minimum Gasteiger partial charge on any atom is -0.465 e. The van der Waals surface area contributed by atoms with Gasteiger partial charge in [0.1, 0.15) is 10.3 Å². The van der Waals surface area contributed by atoms with Crippen molar-refractivity contribution >= 4 is 27.6 Å². The second-order valence-corrected chi connectivity index (χ2v) is 3.49. The highest BCUT2D eigenvalue weighted by Gasteiger charge is 2.04. The summed E-state index contributed by atoms with van der Waals surface area (Å²) in [5, 5.41) is 2.75. The Labute approximate surface area is 95.1 Å². The molecule has 0 aliphatic heterocycles. The van der Waals surface area contributed by atoms with Crippen LogP contribution in [-0.4, -0.2) is 13.1 Å². The molecule has 0 aromatic heterocycles. The van der Waals surface area contributed by atoms with E-state index in [1.54, 1.807) is 12.1 Å². The van der Waals surface area contributed by atoms with E-state index in [0.717, 1.165) is 0 Å². The second kappa shape index (κ2) is 5.50. The van der Waals surface area contributed by atoms with E-state index in [2.05, 4.69) is 26.0 Å². The molecule has 0 bridgehead atoms. The van der Waals surface area contributed by atoms with Crippen LogP contribution in [0.1, 0.15) is 0 Å². The molecule has 80 valence electrons. The average Bonchev–Trinajstić information content (AvgIpc) is 2.25. The maximum Gasteiger partial charge on any atom is 0.346 e. The number of nitrogens with one attached hydrogen (secondary N) is 1. The van der Waals surface area contributed by atoms with Gasteiger partial charge in [0.2, 0.25) is 0 Å². The zero-order valence-corrected chi connectivity index (χ0v) is 9.55. The number of hydrogen-bond donors (Lipinski definition) is 1. The van der Waals surface area contributed by atoms with Crippen LogP contribution in [0.4, 0.5) is 10.1 Å². The van der Waals surface area contributed by atoms with Crippen LogP contribution in [0.25, 0.3) is 0 Å². The van der Waals surface area contributed by atoms with Gasteiger partial charge in [-0.15, -0.1) is 0 Å². The Hall–Kier alpha value is -1.36. The third-order valence-corrected chi connectivity index (χ3v) is 2.12. The molecule has 1 aromatic carbocycles. The molecular weight excluding hydrogens is 265 g/mol. The summed E-state index contributed by atoms with van der Waals surface area (Å²) in [5.41, 5.74) is 0.552. The molecular formula is C10H9BrFNO2. The number of benzene rings is 1. The molecule has 3 nitrogen and oxygen atoms in total. The van der Waals surface area contributed by atoms with Gasteiger partial charge in [-0.3, -0.25) is 0 Å². The van der Waals surface area contributed by atoms with Gasteiger partial charge in [-0.1, -0.05) is 6.07 Å². The number of esters is 1. The van der Waals surface area contributed by atoms with Gasteiger partial charge in [-0.05, 0) is 34.1 Å². The number of carbonyl (C=O) groups excluding carboxylic acids is 1. The van der Waals surface area contributed by atoms with Gasteiger partial charge in [0.05, 0.1) is 7.11 Å². The molecule has 0 saturated heterocycles. The Morgan fingerprint density at radius 1 is 1.60 bits per heavy atom. The molecule has 0 fully saturated rings. The number of anilines is 1. The zero-order valence-electron chi connectivity index (χ0n) is 7.96. The monoisotopic (exact) mass is 273 g/mol. The molecule has 15 heavy (non-hydrogen) atoms. The molecule has 5 heteroatoms. The molecule has 1 N–H and O–H groups in total. The molecule has 0 radical (unpaired) electrons. The van der Waals surface area contributed by atoms with Crippen molar-refractivity contribution in [3.63, 3.8) is 0 Å². The van der Waals surface area contributed by atoms with Crippen LogP contribution in [0.3, 0.4) is 0 Å². The molecule has 0 unspecified atom stereocenters. The standard InChI is InChI=1S/C10H9BrFNO2/c1-15-10(14)9(11)6-13-8-4-2-3-7(12)5-8/h2-6,13H,1H3/b9-6-. The van der Waals surface area contributed by atoms with Crippen molar-refractivity contribution in [3.05, 3.63) is 40.8 Å². The Bertz CT molecular complexity index is 393. The summed E-state index contributed by atoms with van der Waals surface area (Å²) >= 11 is 3.01. The number of ether oxygens (including phenoxy) is 1. The predicted octanol–water partition coefficient (Wildman–Crippen LogP) is 2.65. The van der Waals surface area contributed by atoms with Gasteiger partial charge >= 0.3 is 5.97 Å². The fraction of sp³-hybridized carbons (Fsp3) is 0.100. The van der Waals surface area contributed by atoms with E-state index in [9.17, 15) is 9.18 Å². The van der Waals surface area contributed by atoms with Crippen LogP contribution in [0.15, 0.2) is 34.9 Å². The van der Waals surface area contributed by atoms with E-state index in [1.807, 2.05) is 0 Å². The third-order valence-electron chi connectivity index (χ3n) is 1.57. The van der Waals surface area contributed by atoms with Crippen LogP contribution < -0.4 is 5.32 Å². The number of hydrogen-bond acceptors (Lipinski definition) is 3. The normalized spacial score (nSPS) is 11.0. The lowest BCUT2D eigenvalue weighted by molar-refractivity contribution is -0.135. The van der Waals surface area contributed by atoms with E-state index < -0.39 is 5.97 Å². The largest absolute Gasteiger partial charge is 0.465 e. The van der Waals surface area contributed by atoms with Crippen LogP contribution in [0, 0.1) is 5.82 Å². The lowest BCUT2D eigenvalue weighted by Crippen LogP contribution is -2.01. The third kappa shape index (κ3) is 3.71. The van der Waals surface area contributed by atoms with Crippen molar-refractivity contribution in [2.45, 2.75) is 0 Å². The molecule has 0 heterocycles. The molecule has 0 aliphatic rings. The van der Waals surface area contributed by atoms with Gasteiger partial charge in [0, 0.05) is 11.9 Å². The fourth-order valence-electron chi connectivity index (χ4n) is 0.881. The van der Waals surface area contributed by atoms with Crippen LogP contribution in [0.2, 0.25) is 0 Å². The summed E-state index contributed by atoms with van der Waals surface area (Å²) in [4.78, 5) is 10.9. The molecule has 0 spiro atoms. The summed E-state index contributed by atoms with van der Waals surface area (Å²) < 4.78 is 17.4. The average molecular weight is 274 g/mol. The fourth-order valence-corrected chi connectivity index (χ4v) is 1.16. The van der Waals surface area contributed by atoms with Crippen molar-refractivity contribution in [3.8, 4) is 0 Å². The van der Waals surface area contributed by atoms with Gasteiger partial charge < -0.3 is 10.1 Å². The van der Waals surface area contributed by atoms with E-state index in [4.69, 9.17) is 0 Å². The summed E-state index contributed by atoms with van der Waals surface area (Å²) in [6.07, 6.45) is 1.39. The summed E-state index contributed by atoms with van der Waals surface area (Å²) in [6, 6.07) is 5.90. The van der Waals surface area contributed by atoms with Gasteiger partial charge in [0.25, 0.3) is 0 Å². The zero-order chi connectivity index (χ0) is 11.3. The lowest BCUT2D eigenvalue weighted by atomic mass is 10.3. The molecule has 0 saturated carbocycles. The van der Waals surface area contributed by atoms with E-state index in [1.165, 1.54) is 25.4 Å². The smallest absolute Gasteiger partial charge is 0.346 e. The van der Waals surface area contributed by atoms with Gasteiger partial charge in [-0.25, -0.2) is 9.18 Å². The lowest BCUT2D eigenvalue weighted by Gasteiger charge is -2.01. The minimum atomic E-state index is -0.501. The number of rotatable bonds is 3. The van der Waals surface area contributed by atoms with Crippen LogP contribution >= 0.6 is 15.9 Å². The van der Waals surface area contributed by atoms with E-state index in [0.29, 0.717) is 5.69 Å². The molecule has 1 rings (SSSR count). The number of methoxy groups -OCH3 is 1. The molecule has 0 aliphatic carbocycles. The predicted molar refractivity (Wildman–Crippen MR) is 59.0 cm³/mol. The Morgan fingerprint density at radius 3 is 2.93 bits per heavy atom. The molecule has 0 amide bonds. The first kappa shape index (κ1) is 11.7. The first-order valence-electron chi connectivity index (χ1n) is 4.09. The number of carbonyl (C=O) groups is 1. The van der Waals surface area contributed by atoms with Crippen molar-refractivity contribution in [1.82, 2.24) is 0 Å². The van der Waals surface area contributed by atoms with Gasteiger partial charge in [-0.2, -0.15) is 0 Å². The first-order chi connectivity index (χ1) is 7.13. The number of halogens is 2. The van der Waals surface area contributed by atoms with Crippen molar-refractivity contribution < 1.29 is 13.9 Å². The van der Waals surface area contributed by atoms with Crippen LogP contribution in [0.5, 0.6) is 0 Å². The Morgan fingerprint density at radius 2 is 2.33 bits per heavy atom. The SMILES string of the molecule is COC(=O)/C(Br)=C/Nc1cccc(F)c1. The quantitative estimate of drug-likeness (QED) is 0.680. The van der Waals surface area contributed by atoms with E-state index in [-0.39, 0.29) is 10.3 Å². The molecule has 0 atom stereocenters. The maximum absolute atomic E-state index is 12.8.